The third-order valence-corrected chi connectivity index (χ3v) is 4.08. The fraction of sp³-hybridized carbons (Fsp3) is 0.500. The van der Waals surface area contributed by atoms with Gasteiger partial charge in [0.15, 0.2) is 0 Å². The third kappa shape index (κ3) is 3.20. The molecule has 1 saturated heterocycles. The summed E-state index contributed by atoms with van der Waals surface area (Å²) in [6, 6.07) is 3.77. The molecule has 1 aromatic heterocycles. The number of nitrogen functional groups attached to an aromatic ring is 1. The lowest BCUT2D eigenvalue weighted by atomic mass is 10.2. The number of nitrogens with one attached hydrogen (secondary N) is 1. The summed E-state index contributed by atoms with van der Waals surface area (Å²) in [6.45, 7) is 3.59. The first-order chi connectivity index (χ1) is 8.16. The minimum Gasteiger partial charge on any atom is -0.384 e. The number of thioether (sulfide) groups is 1. The molecule has 0 unspecified atom stereocenters. The van der Waals surface area contributed by atoms with Gasteiger partial charge in [-0.3, -0.25) is 5.41 Å². The van der Waals surface area contributed by atoms with Gasteiger partial charge in [0.2, 0.25) is 0 Å². The molecule has 0 aliphatic carbocycles. The van der Waals surface area contributed by atoms with Crippen LogP contribution in [0.2, 0.25) is 0 Å². The molecule has 0 bridgehead atoms. The van der Waals surface area contributed by atoms with Gasteiger partial charge in [-0.25, -0.2) is 4.98 Å². The molecule has 1 aliphatic rings. The van der Waals surface area contributed by atoms with Crippen LogP contribution in [0.5, 0.6) is 0 Å². The van der Waals surface area contributed by atoms with Gasteiger partial charge in [-0.15, -0.1) is 11.8 Å². The number of nitrogens with zero attached hydrogens (tertiary/aromatic N) is 1. The van der Waals surface area contributed by atoms with Crippen molar-refractivity contribution in [3.05, 3.63) is 23.4 Å². The van der Waals surface area contributed by atoms with Gasteiger partial charge in [0.25, 0.3) is 0 Å². The number of pyridine rings is 1. The number of aromatic nitrogens is 1. The Kier molecular flexibility index (Phi) is 4.02. The van der Waals surface area contributed by atoms with Crippen molar-refractivity contribution in [3.63, 3.8) is 0 Å². The van der Waals surface area contributed by atoms with Gasteiger partial charge >= 0.3 is 0 Å². The molecule has 1 aliphatic heterocycles. The van der Waals surface area contributed by atoms with Gasteiger partial charge in [0.05, 0.1) is 0 Å². The molecular weight excluding hydrogens is 234 g/mol. The molecule has 5 heteroatoms. The van der Waals surface area contributed by atoms with Gasteiger partial charge < -0.3 is 10.5 Å². The van der Waals surface area contributed by atoms with Crippen LogP contribution in [-0.4, -0.2) is 29.3 Å². The lowest BCUT2D eigenvalue weighted by Crippen LogP contribution is -2.19. The molecule has 1 fully saturated rings. The molecule has 0 radical (unpaired) electrons. The number of nitrogens with two attached hydrogens (primary N) is 1. The van der Waals surface area contributed by atoms with E-state index in [1.807, 2.05) is 19.1 Å². The fourth-order valence-electron chi connectivity index (χ4n) is 1.78. The molecule has 2 rings (SSSR count). The van der Waals surface area contributed by atoms with Crippen LogP contribution in [0, 0.1) is 12.3 Å². The highest BCUT2D eigenvalue weighted by atomic mass is 32.2. The van der Waals surface area contributed by atoms with Gasteiger partial charge in [0, 0.05) is 29.7 Å². The fourth-order valence-corrected chi connectivity index (χ4v) is 3.02. The number of amidine groups is 1. The molecule has 0 amide bonds. The van der Waals surface area contributed by atoms with E-state index in [9.17, 15) is 0 Å². The van der Waals surface area contributed by atoms with Gasteiger partial charge in [-0.05, 0) is 31.9 Å². The molecule has 0 saturated carbocycles. The lowest BCUT2D eigenvalue weighted by molar-refractivity contribution is 0.1000. The Labute approximate surface area is 105 Å². The molecule has 0 aromatic carbocycles. The van der Waals surface area contributed by atoms with Gasteiger partial charge in [0.1, 0.15) is 10.9 Å². The third-order valence-electron chi connectivity index (χ3n) is 2.74. The first kappa shape index (κ1) is 12.4. The van der Waals surface area contributed by atoms with Gasteiger partial charge in [-0.2, -0.15) is 0 Å². The Morgan fingerprint density at radius 3 is 2.82 bits per heavy atom. The number of rotatable bonds is 3. The molecule has 4 nitrogen and oxygen atoms in total. The Morgan fingerprint density at radius 1 is 1.47 bits per heavy atom. The molecular formula is C12H17N3OS. The van der Waals surface area contributed by atoms with Crippen LogP contribution >= 0.6 is 11.8 Å². The highest BCUT2D eigenvalue weighted by Gasteiger charge is 2.18. The summed E-state index contributed by atoms with van der Waals surface area (Å²) in [5.41, 5.74) is 7.28. The maximum Gasteiger partial charge on any atom is 0.125 e. The molecule has 0 atom stereocenters. The Balaban J connectivity index is 2.17. The molecule has 3 N–H and O–H groups in total. The Bertz CT molecular complexity index is 416. The summed E-state index contributed by atoms with van der Waals surface area (Å²) in [5.74, 6) is 0.0899. The summed E-state index contributed by atoms with van der Waals surface area (Å²) < 4.78 is 5.34. The zero-order valence-electron chi connectivity index (χ0n) is 9.90. The van der Waals surface area contributed by atoms with E-state index in [2.05, 4.69) is 4.98 Å². The average molecular weight is 251 g/mol. The minimum absolute atomic E-state index is 0.0899. The minimum atomic E-state index is 0.0899. The number of hydrogen-bond acceptors (Lipinski definition) is 4. The zero-order valence-corrected chi connectivity index (χ0v) is 10.7. The van der Waals surface area contributed by atoms with E-state index in [0.29, 0.717) is 5.25 Å². The standard InChI is InChI=1S/C12H17N3OS/c1-8-2-3-10(11(13)14)12(15-8)17-9-4-6-16-7-5-9/h2-3,9H,4-7H2,1H3,(H3,13,14). The van der Waals surface area contributed by atoms with E-state index in [-0.39, 0.29) is 5.84 Å². The molecule has 1 aromatic rings. The van der Waals surface area contributed by atoms with Crippen molar-refractivity contribution < 1.29 is 4.74 Å². The van der Waals surface area contributed by atoms with Crippen molar-refractivity contribution in [1.82, 2.24) is 4.98 Å². The van der Waals surface area contributed by atoms with E-state index in [4.69, 9.17) is 15.9 Å². The van der Waals surface area contributed by atoms with Crippen molar-refractivity contribution in [1.29, 1.82) is 5.41 Å². The van der Waals surface area contributed by atoms with E-state index < -0.39 is 0 Å². The van der Waals surface area contributed by atoms with Crippen LogP contribution in [0.1, 0.15) is 24.1 Å². The second-order valence-electron chi connectivity index (χ2n) is 4.15. The van der Waals surface area contributed by atoms with E-state index in [0.717, 1.165) is 42.3 Å². The number of ether oxygens (including phenoxy) is 1. The lowest BCUT2D eigenvalue weighted by Gasteiger charge is -2.22. The quantitative estimate of drug-likeness (QED) is 0.636. The zero-order chi connectivity index (χ0) is 12.3. The summed E-state index contributed by atoms with van der Waals surface area (Å²) in [7, 11) is 0. The van der Waals surface area contributed by atoms with Crippen molar-refractivity contribution in [3.8, 4) is 0 Å². The van der Waals surface area contributed by atoms with E-state index in [1.165, 1.54) is 0 Å². The smallest absolute Gasteiger partial charge is 0.125 e. The summed E-state index contributed by atoms with van der Waals surface area (Å²) in [6.07, 6.45) is 2.08. The normalized spacial score (nSPS) is 17.0. The van der Waals surface area contributed by atoms with Crippen LogP contribution < -0.4 is 5.73 Å². The first-order valence-electron chi connectivity index (χ1n) is 5.73. The predicted molar refractivity (Wildman–Crippen MR) is 69.7 cm³/mol. The molecule has 0 spiro atoms. The second kappa shape index (κ2) is 5.51. The second-order valence-corrected chi connectivity index (χ2v) is 5.44. The van der Waals surface area contributed by atoms with Crippen molar-refractivity contribution >= 4 is 17.6 Å². The first-order valence-corrected chi connectivity index (χ1v) is 6.61. The van der Waals surface area contributed by atoms with Crippen LogP contribution in [0.4, 0.5) is 0 Å². The van der Waals surface area contributed by atoms with Crippen LogP contribution in [-0.2, 0) is 4.74 Å². The topological polar surface area (TPSA) is 72.0 Å². The van der Waals surface area contributed by atoms with Crippen molar-refractivity contribution in [2.75, 3.05) is 13.2 Å². The Morgan fingerprint density at radius 2 is 2.18 bits per heavy atom. The maximum atomic E-state index is 7.56. The highest BCUT2D eigenvalue weighted by Crippen LogP contribution is 2.30. The maximum absolute atomic E-state index is 7.56. The molecule has 92 valence electrons. The van der Waals surface area contributed by atoms with Crippen LogP contribution in [0.15, 0.2) is 17.2 Å². The van der Waals surface area contributed by atoms with E-state index >= 15 is 0 Å². The molecule has 2 heterocycles. The van der Waals surface area contributed by atoms with Gasteiger partial charge in [-0.1, -0.05) is 0 Å². The molecule has 17 heavy (non-hydrogen) atoms. The summed E-state index contributed by atoms with van der Waals surface area (Å²) in [4.78, 5) is 4.49. The van der Waals surface area contributed by atoms with Crippen molar-refractivity contribution in [2.45, 2.75) is 30.0 Å². The summed E-state index contributed by atoms with van der Waals surface area (Å²) in [5, 5.41) is 8.97. The van der Waals surface area contributed by atoms with E-state index in [1.54, 1.807) is 11.8 Å². The van der Waals surface area contributed by atoms with Crippen LogP contribution in [0.25, 0.3) is 0 Å². The largest absolute Gasteiger partial charge is 0.384 e. The monoisotopic (exact) mass is 251 g/mol. The SMILES string of the molecule is Cc1ccc(C(=N)N)c(SC2CCOCC2)n1. The Hall–Kier alpha value is -1.07. The predicted octanol–water partition coefficient (Wildman–Crippen LogP) is 1.95. The average Bonchev–Trinajstić information content (AvgIpc) is 2.30. The van der Waals surface area contributed by atoms with Crippen LogP contribution in [0.3, 0.4) is 0 Å². The number of hydrogen-bond donors (Lipinski definition) is 2. The highest BCUT2D eigenvalue weighted by molar-refractivity contribution is 7.99. The summed E-state index contributed by atoms with van der Waals surface area (Å²) >= 11 is 1.72. The number of aryl methyl sites for hydroxylation is 1. The van der Waals surface area contributed by atoms with Crippen molar-refractivity contribution in [2.24, 2.45) is 5.73 Å².